The summed E-state index contributed by atoms with van der Waals surface area (Å²) in [5.41, 5.74) is 1.64. The van der Waals surface area contributed by atoms with Crippen molar-refractivity contribution in [3.05, 3.63) is 64.3 Å². The third-order valence-corrected chi connectivity index (χ3v) is 6.64. The second-order valence-electron chi connectivity index (χ2n) is 8.45. The van der Waals surface area contributed by atoms with Gasteiger partial charge in [-0.25, -0.2) is 4.39 Å². The number of anilines is 1. The summed E-state index contributed by atoms with van der Waals surface area (Å²) in [5, 5.41) is 6.09. The van der Waals surface area contributed by atoms with Gasteiger partial charge in [-0.1, -0.05) is 39.0 Å². The van der Waals surface area contributed by atoms with Gasteiger partial charge in [-0.2, -0.15) is 0 Å². The molecule has 6 heteroatoms. The summed E-state index contributed by atoms with van der Waals surface area (Å²) in [6.45, 7) is 10.7. The van der Waals surface area contributed by atoms with E-state index in [1.54, 1.807) is 12.1 Å². The van der Waals surface area contributed by atoms with Crippen LogP contribution in [-0.4, -0.2) is 18.4 Å². The molecule has 0 radical (unpaired) electrons. The fourth-order valence-electron chi connectivity index (χ4n) is 3.72. The number of hydrogen-bond donors (Lipinski definition) is 2. The largest absolute Gasteiger partial charge is 0.348 e. The Morgan fingerprint density at radius 2 is 2.00 bits per heavy atom. The zero-order chi connectivity index (χ0) is 21.2. The van der Waals surface area contributed by atoms with E-state index < -0.39 is 11.7 Å². The van der Waals surface area contributed by atoms with Crippen molar-refractivity contribution in [2.45, 2.75) is 40.0 Å². The molecule has 4 nitrogen and oxygen atoms in total. The molecule has 0 bridgehead atoms. The normalized spacial score (nSPS) is 16.1. The number of fused-ring (bicyclic) bond motifs is 1. The van der Waals surface area contributed by atoms with Crippen LogP contribution >= 0.6 is 11.3 Å². The van der Waals surface area contributed by atoms with Crippen LogP contribution in [0, 0.1) is 17.2 Å². The summed E-state index contributed by atoms with van der Waals surface area (Å²) in [6.07, 6.45) is 4.28. The molecule has 1 aliphatic rings. The van der Waals surface area contributed by atoms with Crippen LogP contribution in [0.1, 0.15) is 58.3 Å². The topological polar surface area (TPSA) is 58.2 Å². The van der Waals surface area contributed by atoms with Gasteiger partial charge in [-0.05, 0) is 48.3 Å². The molecule has 1 aliphatic carbocycles. The smallest absolute Gasteiger partial charge is 0.259 e. The second kappa shape index (κ2) is 8.49. The van der Waals surface area contributed by atoms with Crippen LogP contribution < -0.4 is 10.6 Å². The van der Waals surface area contributed by atoms with Crippen LogP contribution in [0.3, 0.4) is 0 Å². The van der Waals surface area contributed by atoms with Crippen molar-refractivity contribution >= 4 is 28.2 Å². The van der Waals surface area contributed by atoms with Gasteiger partial charge in [-0.15, -0.1) is 17.9 Å². The van der Waals surface area contributed by atoms with Crippen LogP contribution in [0.2, 0.25) is 0 Å². The van der Waals surface area contributed by atoms with E-state index in [9.17, 15) is 14.0 Å². The molecule has 1 heterocycles. The van der Waals surface area contributed by atoms with E-state index in [1.165, 1.54) is 29.5 Å². The molecule has 0 saturated carbocycles. The van der Waals surface area contributed by atoms with Crippen molar-refractivity contribution in [3.8, 4) is 0 Å². The predicted molar refractivity (Wildman–Crippen MR) is 116 cm³/mol. The van der Waals surface area contributed by atoms with E-state index in [0.717, 1.165) is 29.7 Å². The molecule has 2 aromatic rings. The molecule has 0 fully saturated rings. The molecule has 3 rings (SSSR count). The van der Waals surface area contributed by atoms with Crippen LogP contribution in [0.15, 0.2) is 36.9 Å². The number of amides is 2. The zero-order valence-corrected chi connectivity index (χ0v) is 17.9. The first-order valence-corrected chi connectivity index (χ1v) is 10.6. The lowest BCUT2D eigenvalue weighted by atomic mass is 9.72. The number of nitrogens with one attached hydrogen (secondary N) is 2. The molecule has 0 spiro atoms. The van der Waals surface area contributed by atoms with Crippen molar-refractivity contribution < 1.29 is 14.0 Å². The Hall–Kier alpha value is -2.47. The van der Waals surface area contributed by atoms with E-state index in [1.807, 2.05) is 0 Å². The average Bonchev–Trinajstić information content (AvgIpc) is 3.02. The van der Waals surface area contributed by atoms with Crippen molar-refractivity contribution in [2.24, 2.45) is 11.3 Å². The minimum absolute atomic E-state index is 0.0381. The molecule has 1 unspecified atom stereocenters. The minimum Gasteiger partial charge on any atom is -0.348 e. The van der Waals surface area contributed by atoms with Gasteiger partial charge in [0.05, 0.1) is 11.1 Å². The summed E-state index contributed by atoms with van der Waals surface area (Å²) in [6, 6.07) is 5.84. The molecule has 1 aromatic carbocycles. The molecule has 1 aromatic heterocycles. The van der Waals surface area contributed by atoms with Crippen molar-refractivity contribution in [1.82, 2.24) is 5.32 Å². The van der Waals surface area contributed by atoms with Crippen molar-refractivity contribution in [3.63, 3.8) is 0 Å². The van der Waals surface area contributed by atoms with Gasteiger partial charge in [0.15, 0.2) is 0 Å². The summed E-state index contributed by atoms with van der Waals surface area (Å²) < 4.78 is 14.0. The molecule has 0 aliphatic heterocycles. The van der Waals surface area contributed by atoms with Gasteiger partial charge in [0.1, 0.15) is 10.8 Å². The summed E-state index contributed by atoms with van der Waals surface area (Å²) in [4.78, 5) is 26.6. The number of carbonyl (C=O) groups is 2. The highest BCUT2D eigenvalue weighted by Gasteiger charge is 2.34. The fraction of sp³-hybridized carbons (Fsp3) is 0.391. The van der Waals surface area contributed by atoms with E-state index in [4.69, 9.17) is 0 Å². The first-order chi connectivity index (χ1) is 13.7. The molecule has 154 valence electrons. The number of carbonyl (C=O) groups excluding carboxylic acids is 2. The fourth-order valence-corrected chi connectivity index (χ4v) is 5.04. The Balaban J connectivity index is 1.96. The van der Waals surface area contributed by atoms with E-state index >= 15 is 0 Å². The Morgan fingerprint density at radius 1 is 1.28 bits per heavy atom. The van der Waals surface area contributed by atoms with Gasteiger partial charge >= 0.3 is 0 Å². The second-order valence-corrected chi connectivity index (χ2v) is 9.55. The lowest BCUT2D eigenvalue weighted by Crippen LogP contribution is -2.29. The Labute approximate surface area is 175 Å². The molecule has 2 amide bonds. The van der Waals surface area contributed by atoms with Crippen LogP contribution in [0.4, 0.5) is 9.39 Å². The number of rotatable bonds is 5. The standard InChI is InChI=1S/C23H27FN2O2S/c1-5-12-25-21(28)19-16-11-10-14(23(2,3)4)13-18(16)29-22(19)26-20(27)15-8-6-7-9-17(15)24/h5-9,14H,1,10-13H2,2-4H3,(H,25,28)(H,26,27). The van der Waals surface area contributed by atoms with Gasteiger partial charge in [0.25, 0.3) is 11.8 Å². The summed E-state index contributed by atoms with van der Waals surface area (Å²) in [7, 11) is 0. The highest BCUT2D eigenvalue weighted by Crippen LogP contribution is 2.44. The molecule has 29 heavy (non-hydrogen) atoms. The SMILES string of the molecule is C=CCNC(=O)c1c(NC(=O)c2ccccc2F)sc2c1CCC(C(C)(C)C)C2. The highest BCUT2D eigenvalue weighted by molar-refractivity contribution is 7.17. The van der Waals surface area contributed by atoms with E-state index in [-0.39, 0.29) is 16.9 Å². The molecular formula is C23H27FN2O2S. The van der Waals surface area contributed by atoms with Crippen LogP contribution in [-0.2, 0) is 12.8 Å². The molecule has 0 saturated heterocycles. The quantitative estimate of drug-likeness (QED) is 0.660. The van der Waals surface area contributed by atoms with Gasteiger partial charge in [0, 0.05) is 11.4 Å². The lowest BCUT2D eigenvalue weighted by molar-refractivity contribution is 0.0957. The Morgan fingerprint density at radius 3 is 2.66 bits per heavy atom. The van der Waals surface area contributed by atoms with Crippen molar-refractivity contribution in [1.29, 1.82) is 0 Å². The van der Waals surface area contributed by atoms with Crippen molar-refractivity contribution in [2.75, 3.05) is 11.9 Å². The van der Waals surface area contributed by atoms with E-state index in [0.29, 0.717) is 23.0 Å². The number of hydrogen-bond acceptors (Lipinski definition) is 3. The summed E-state index contributed by atoms with van der Waals surface area (Å²) in [5.74, 6) is -0.864. The third-order valence-electron chi connectivity index (χ3n) is 5.47. The molecule has 1 atom stereocenters. The molecular weight excluding hydrogens is 387 g/mol. The molecule has 2 N–H and O–H groups in total. The third kappa shape index (κ3) is 4.58. The maximum Gasteiger partial charge on any atom is 0.259 e. The lowest BCUT2D eigenvalue weighted by Gasteiger charge is -2.33. The first-order valence-electron chi connectivity index (χ1n) is 9.82. The highest BCUT2D eigenvalue weighted by atomic mass is 32.1. The predicted octanol–water partition coefficient (Wildman–Crippen LogP) is 5.21. The maximum atomic E-state index is 14.0. The monoisotopic (exact) mass is 414 g/mol. The number of benzene rings is 1. The Bertz CT molecular complexity index is 943. The number of halogens is 1. The summed E-state index contributed by atoms with van der Waals surface area (Å²) >= 11 is 1.43. The average molecular weight is 415 g/mol. The van der Waals surface area contributed by atoms with Gasteiger partial charge < -0.3 is 10.6 Å². The first kappa shape index (κ1) is 21.2. The number of thiophene rings is 1. The maximum absolute atomic E-state index is 14.0. The van der Waals surface area contributed by atoms with Crippen LogP contribution in [0.25, 0.3) is 0 Å². The zero-order valence-electron chi connectivity index (χ0n) is 17.1. The Kier molecular flexibility index (Phi) is 6.22. The van der Waals surface area contributed by atoms with Crippen LogP contribution in [0.5, 0.6) is 0 Å². The minimum atomic E-state index is -0.586. The van der Waals surface area contributed by atoms with E-state index in [2.05, 4.69) is 38.0 Å². The van der Waals surface area contributed by atoms with Gasteiger partial charge in [0.2, 0.25) is 0 Å². The van der Waals surface area contributed by atoms with Gasteiger partial charge in [-0.3, -0.25) is 9.59 Å².